The third-order valence-corrected chi connectivity index (χ3v) is 5.28. The van der Waals surface area contributed by atoms with Gasteiger partial charge in [-0.05, 0) is 67.9 Å². The second-order valence-corrected chi connectivity index (χ2v) is 7.60. The summed E-state index contributed by atoms with van der Waals surface area (Å²) in [4.78, 5) is 21.8. The maximum Gasteiger partial charge on any atom is 0.258 e. The Balaban J connectivity index is 1.86. The van der Waals surface area contributed by atoms with E-state index >= 15 is 0 Å². The highest BCUT2D eigenvalue weighted by molar-refractivity contribution is 7.80. The van der Waals surface area contributed by atoms with Gasteiger partial charge < -0.3 is 15.2 Å². The topological polar surface area (TPSA) is 61.0 Å². The van der Waals surface area contributed by atoms with Crippen LogP contribution in [0.1, 0.15) is 30.3 Å². The fourth-order valence-corrected chi connectivity index (χ4v) is 3.45. The van der Waals surface area contributed by atoms with Gasteiger partial charge in [0.05, 0.1) is 17.4 Å². The molecule has 5 nitrogen and oxygen atoms in total. The minimum Gasteiger partial charge on any atom is -0.342 e. The lowest BCUT2D eigenvalue weighted by Crippen LogP contribution is -2.36. The van der Waals surface area contributed by atoms with Crippen LogP contribution in [0.4, 0.5) is 5.69 Å². The van der Waals surface area contributed by atoms with Crippen molar-refractivity contribution in [2.75, 3.05) is 11.9 Å². The van der Waals surface area contributed by atoms with Crippen LogP contribution in [0.5, 0.6) is 0 Å². The van der Waals surface area contributed by atoms with E-state index in [9.17, 15) is 4.79 Å². The van der Waals surface area contributed by atoms with Gasteiger partial charge in [-0.25, -0.2) is 4.98 Å². The number of hydrogen-bond acceptors (Lipinski definition) is 3. The van der Waals surface area contributed by atoms with Crippen molar-refractivity contribution >= 4 is 45.5 Å². The third kappa shape index (κ3) is 4.51. The van der Waals surface area contributed by atoms with E-state index in [0.717, 1.165) is 24.2 Å². The summed E-state index contributed by atoms with van der Waals surface area (Å²) in [5, 5.41) is 5.00. The van der Waals surface area contributed by atoms with Gasteiger partial charge in [-0.1, -0.05) is 30.7 Å². The van der Waals surface area contributed by atoms with Gasteiger partial charge in [-0.3, -0.25) is 4.79 Å². The van der Waals surface area contributed by atoms with E-state index in [2.05, 4.69) is 42.1 Å². The highest BCUT2D eigenvalue weighted by atomic mass is 35.5. The molecule has 28 heavy (non-hydrogen) atoms. The zero-order valence-electron chi connectivity index (χ0n) is 16.2. The first-order chi connectivity index (χ1) is 13.4. The number of aromatic nitrogens is 2. The number of nitrogens with zero attached hydrogens (tertiary/aromatic N) is 2. The summed E-state index contributed by atoms with van der Waals surface area (Å²) in [5.74, 6) is 0.554. The van der Waals surface area contributed by atoms with E-state index < -0.39 is 0 Å². The van der Waals surface area contributed by atoms with Crippen molar-refractivity contribution in [1.82, 2.24) is 14.9 Å². The lowest BCUT2D eigenvalue weighted by molar-refractivity contribution is 0.406. The zero-order valence-corrected chi connectivity index (χ0v) is 17.7. The Morgan fingerprint density at radius 3 is 2.82 bits per heavy atom. The minimum absolute atomic E-state index is 0.179. The maximum absolute atomic E-state index is 12.4. The van der Waals surface area contributed by atoms with E-state index in [-0.39, 0.29) is 5.56 Å². The summed E-state index contributed by atoms with van der Waals surface area (Å²) in [6.07, 6.45) is 0.915. The molecule has 0 saturated carbocycles. The summed E-state index contributed by atoms with van der Waals surface area (Å²) in [6, 6.07) is 11.2. The largest absolute Gasteiger partial charge is 0.342 e. The lowest BCUT2D eigenvalue weighted by atomic mass is 10.1. The van der Waals surface area contributed by atoms with Crippen LogP contribution in [0.25, 0.3) is 10.9 Å². The second-order valence-electron chi connectivity index (χ2n) is 6.77. The van der Waals surface area contributed by atoms with Crippen LogP contribution in [0.15, 0.2) is 41.2 Å². The Kier molecular flexibility index (Phi) is 6.31. The summed E-state index contributed by atoms with van der Waals surface area (Å²) in [5.41, 5.74) is 3.75. The van der Waals surface area contributed by atoms with Crippen molar-refractivity contribution in [2.45, 2.75) is 33.7 Å². The van der Waals surface area contributed by atoms with Crippen molar-refractivity contribution in [3.8, 4) is 0 Å². The lowest BCUT2D eigenvalue weighted by Gasteiger charge is -2.25. The highest BCUT2D eigenvalue weighted by Gasteiger charge is 2.14. The molecule has 3 aromatic rings. The molecule has 0 unspecified atom stereocenters. The van der Waals surface area contributed by atoms with Crippen LogP contribution in [0.3, 0.4) is 0 Å². The van der Waals surface area contributed by atoms with E-state index in [1.54, 1.807) is 18.2 Å². The highest BCUT2D eigenvalue weighted by Crippen LogP contribution is 2.19. The molecule has 0 radical (unpaired) electrons. The van der Waals surface area contributed by atoms with Gasteiger partial charge >= 0.3 is 0 Å². The molecular weight excluding hydrogens is 392 g/mol. The summed E-state index contributed by atoms with van der Waals surface area (Å²) >= 11 is 11.7. The molecule has 0 aliphatic heterocycles. The van der Waals surface area contributed by atoms with Gasteiger partial charge in [0.15, 0.2) is 5.11 Å². The number of halogens is 1. The molecule has 0 fully saturated rings. The molecule has 2 N–H and O–H groups in total. The smallest absolute Gasteiger partial charge is 0.258 e. The Morgan fingerprint density at radius 1 is 1.29 bits per heavy atom. The minimum atomic E-state index is -0.179. The number of fused-ring (bicyclic) bond motifs is 1. The normalized spacial score (nSPS) is 10.9. The number of thiocarbonyl (C=S) groups is 1. The number of H-pyrrole nitrogens is 1. The molecule has 1 aromatic heterocycles. The molecule has 0 saturated heterocycles. The van der Waals surface area contributed by atoms with Crippen molar-refractivity contribution < 1.29 is 0 Å². The summed E-state index contributed by atoms with van der Waals surface area (Å²) in [7, 11) is 0. The molecule has 2 aromatic carbocycles. The van der Waals surface area contributed by atoms with Crippen LogP contribution >= 0.6 is 23.8 Å². The molecule has 1 heterocycles. The van der Waals surface area contributed by atoms with E-state index in [4.69, 9.17) is 23.8 Å². The van der Waals surface area contributed by atoms with Crippen LogP contribution in [0.2, 0.25) is 5.02 Å². The van der Waals surface area contributed by atoms with Crippen LogP contribution < -0.4 is 10.9 Å². The van der Waals surface area contributed by atoms with Crippen molar-refractivity contribution in [2.24, 2.45) is 0 Å². The van der Waals surface area contributed by atoms with Crippen molar-refractivity contribution in [1.29, 1.82) is 0 Å². The van der Waals surface area contributed by atoms with Gasteiger partial charge in [-0.2, -0.15) is 0 Å². The number of benzene rings is 2. The van der Waals surface area contributed by atoms with Crippen LogP contribution in [-0.2, 0) is 6.54 Å². The number of aryl methyl sites for hydroxylation is 1. The molecule has 0 atom stereocenters. The first-order valence-corrected chi connectivity index (χ1v) is 9.98. The van der Waals surface area contributed by atoms with Gasteiger partial charge in [0.2, 0.25) is 0 Å². The van der Waals surface area contributed by atoms with E-state index in [1.807, 2.05) is 17.0 Å². The van der Waals surface area contributed by atoms with Gasteiger partial charge in [-0.15, -0.1) is 0 Å². The fourth-order valence-electron chi connectivity index (χ4n) is 3.02. The predicted octanol–water partition coefficient (Wildman–Crippen LogP) is 4.80. The number of anilines is 1. The SMILES string of the molecule is CCCN(Cc1nc2cc(Cl)ccc2c(=O)[nH]1)C(=S)Nc1cccc(C)c1C. The Morgan fingerprint density at radius 2 is 2.07 bits per heavy atom. The molecule has 0 aliphatic carbocycles. The summed E-state index contributed by atoms with van der Waals surface area (Å²) in [6.45, 7) is 7.37. The molecule has 0 spiro atoms. The molecule has 0 aliphatic rings. The quantitative estimate of drug-likeness (QED) is 0.587. The van der Waals surface area contributed by atoms with Crippen LogP contribution in [0, 0.1) is 13.8 Å². The van der Waals surface area contributed by atoms with Gasteiger partial charge in [0, 0.05) is 17.3 Å². The average Bonchev–Trinajstić information content (AvgIpc) is 2.64. The molecule has 7 heteroatoms. The molecule has 0 amide bonds. The number of rotatable bonds is 5. The summed E-state index contributed by atoms with van der Waals surface area (Å²) < 4.78 is 0. The first-order valence-electron chi connectivity index (χ1n) is 9.19. The van der Waals surface area contributed by atoms with Crippen LogP contribution in [-0.4, -0.2) is 26.5 Å². The predicted molar refractivity (Wildman–Crippen MR) is 120 cm³/mol. The average molecular weight is 415 g/mol. The molecule has 146 valence electrons. The van der Waals surface area contributed by atoms with E-state index in [1.165, 1.54) is 5.56 Å². The van der Waals surface area contributed by atoms with Gasteiger partial charge in [0.1, 0.15) is 5.82 Å². The first kappa shape index (κ1) is 20.3. The number of hydrogen-bond donors (Lipinski definition) is 2. The Bertz CT molecular complexity index is 1080. The fraction of sp³-hybridized carbons (Fsp3) is 0.286. The van der Waals surface area contributed by atoms with Crippen molar-refractivity contribution in [3.63, 3.8) is 0 Å². The Labute approximate surface area is 174 Å². The molecule has 3 rings (SSSR count). The van der Waals surface area contributed by atoms with E-state index in [0.29, 0.717) is 33.4 Å². The molecular formula is C21H23ClN4OS. The van der Waals surface area contributed by atoms with Crippen molar-refractivity contribution in [3.05, 3.63) is 68.7 Å². The van der Waals surface area contributed by atoms with Gasteiger partial charge in [0.25, 0.3) is 5.56 Å². The second kappa shape index (κ2) is 8.71. The molecule has 0 bridgehead atoms. The maximum atomic E-state index is 12.4. The monoisotopic (exact) mass is 414 g/mol. The Hall–Kier alpha value is -2.44. The third-order valence-electron chi connectivity index (χ3n) is 4.69. The number of aromatic amines is 1. The zero-order chi connectivity index (χ0) is 20.3. The number of nitrogens with one attached hydrogen (secondary N) is 2. The standard InChI is InChI=1S/C21H23ClN4OS/c1-4-10-26(21(28)24-17-7-5-6-13(2)14(17)3)12-19-23-18-11-15(22)8-9-16(18)20(27)25-19/h5-9,11H,4,10,12H2,1-3H3,(H,24,28)(H,23,25,27).